The Balaban J connectivity index is 1.57. The first-order valence-corrected chi connectivity index (χ1v) is 11.9. The number of hydrogen-bond acceptors (Lipinski definition) is 9. The van der Waals surface area contributed by atoms with E-state index in [9.17, 15) is 9.66 Å². The maximum Gasteiger partial charge on any atom is 0.229 e. The molecule has 10 heteroatoms. The van der Waals surface area contributed by atoms with Crippen LogP contribution in [0.15, 0.2) is 9.42 Å². The van der Waals surface area contributed by atoms with Crippen LogP contribution in [0.4, 0.5) is 11.8 Å². The van der Waals surface area contributed by atoms with E-state index < -0.39 is 16.7 Å². The number of aryl methyl sites for hydroxylation is 2. The molecule has 2 atom stereocenters. The number of piperidine rings is 1. The Morgan fingerprint density at radius 2 is 2.03 bits per heavy atom. The fourth-order valence-corrected chi connectivity index (χ4v) is 5.16. The summed E-state index contributed by atoms with van der Waals surface area (Å²) in [6.07, 6.45) is 2.45. The highest BCUT2D eigenvalue weighted by atomic mass is 32.2. The summed E-state index contributed by atoms with van der Waals surface area (Å²) in [7, 11) is 0. The van der Waals surface area contributed by atoms with Gasteiger partial charge in [0.05, 0.1) is 12.1 Å². The topological polar surface area (TPSA) is 123 Å². The van der Waals surface area contributed by atoms with E-state index in [1.165, 1.54) is 0 Å². The van der Waals surface area contributed by atoms with Gasteiger partial charge in [-0.3, -0.25) is 0 Å². The molecule has 2 aliphatic heterocycles. The van der Waals surface area contributed by atoms with Crippen molar-refractivity contribution in [1.82, 2.24) is 20.1 Å². The van der Waals surface area contributed by atoms with Gasteiger partial charge in [-0.25, -0.2) is 4.98 Å². The Labute approximate surface area is 179 Å². The molecule has 2 aromatic heterocycles. The predicted molar refractivity (Wildman–Crippen MR) is 114 cm³/mol. The lowest BCUT2D eigenvalue weighted by atomic mass is 9.89. The van der Waals surface area contributed by atoms with Gasteiger partial charge in [-0.05, 0) is 43.8 Å². The van der Waals surface area contributed by atoms with Gasteiger partial charge in [0.2, 0.25) is 16.7 Å². The third-order valence-corrected chi connectivity index (χ3v) is 7.81. The average Bonchev–Trinajstić information content (AvgIpc) is 3.33. The van der Waals surface area contributed by atoms with Gasteiger partial charge in [-0.1, -0.05) is 19.0 Å². The Hall–Kier alpha value is -1.91. The van der Waals surface area contributed by atoms with E-state index >= 15 is 0 Å². The second-order valence-electron chi connectivity index (χ2n) is 8.74. The van der Waals surface area contributed by atoms with E-state index in [1.807, 2.05) is 27.7 Å². The minimum absolute atomic E-state index is 0.0413. The third-order valence-electron chi connectivity index (χ3n) is 6.35. The van der Waals surface area contributed by atoms with Crippen LogP contribution in [0.25, 0.3) is 0 Å². The van der Waals surface area contributed by atoms with Crippen LogP contribution in [0.3, 0.4) is 0 Å². The second-order valence-corrected chi connectivity index (χ2v) is 10.3. The highest BCUT2D eigenvalue weighted by Gasteiger charge is 2.37. The zero-order valence-electron chi connectivity index (χ0n) is 18.0. The molecule has 0 amide bonds. The molecule has 2 aliphatic rings. The first-order valence-electron chi connectivity index (χ1n) is 10.5. The third kappa shape index (κ3) is 4.00. The van der Waals surface area contributed by atoms with Gasteiger partial charge in [0.15, 0.2) is 11.6 Å². The fraction of sp³-hybridized carbons (Fsp3) is 0.700. The van der Waals surface area contributed by atoms with Crippen LogP contribution in [0.5, 0.6) is 0 Å². The molecular weight excluding hydrogens is 404 g/mol. The Morgan fingerprint density at radius 1 is 1.30 bits per heavy atom. The number of nitrogens with zero attached hydrogens (tertiary/aromatic N) is 5. The number of rotatable bonds is 6. The number of fused-ring (bicyclic) bond motifs is 1. The van der Waals surface area contributed by atoms with E-state index in [0.717, 1.165) is 31.6 Å². The van der Waals surface area contributed by atoms with Crippen LogP contribution in [-0.2, 0) is 17.6 Å². The van der Waals surface area contributed by atoms with Gasteiger partial charge in [-0.15, -0.1) is 0 Å². The van der Waals surface area contributed by atoms with E-state index in [2.05, 4.69) is 20.4 Å². The molecule has 164 valence electrons. The van der Waals surface area contributed by atoms with E-state index in [1.54, 1.807) is 0 Å². The van der Waals surface area contributed by atoms with Gasteiger partial charge in [0, 0.05) is 25.4 Å². The van der Waals surface area contributed by atoms with Crippen LogP contribution in [0.1, 0.15) is 56.9 Å². The smallest absolute Gasteiger partial charge is 0.229 e. The normalized spacial score (nSPS) is 21.7. The summed E-state index contributed by atoms with van der Waals surface area (Å²) in [5, 5.41) is 17.3. The van der Waals surface area contributed by atoms with Crippen LogP contribution in [0, 0.1) is 12.8 Å². The molecule has 4 rings (SSSR count). The Kier molecular flexibility index (Phi) is 5.91. The summed E-state index contributed by atoms with van der Waals surface area (Å²) in [5.41, 5.74) is 0.286. The van der Waals surface area contributed by atoms with Crippen molar-refractivity contribution in [3.05, 3.63) is 17.4 Å². The molecule has 0 aliphatic carbocycles. The van der Waals surface area contributed by atoms with Crippen LogP contribution in [-0.4, -0.2) is 60.8 Å². The van der Waals surface area contributed by atoms with Crippen LogP contribution < -0.4 is 10.2 Å². The zero-order chi connectivity index (χ0) is 21.5. The molecule has 2 aromatic rings. The molecular formula is C20H30N6O3S. The molecule has 1 unspecified atom stereocenters. The molecule has 30 heavy (non-hydrogen) atoms. The van der Waals surface area contributed by atoms with Crippen molar-refractivity contribution in [2.75, 3.05) is 35.7 Å². The number of nitrogens with one attached hydrogen (secondary N) is 1. The number of anilines is 2. The van der Waals surface area contributed by atoms with Gasteiger partial charge >= 0.3 is 0 Å². The van der Waals surface area contributed by atoms with Crippen molar-refractivity contribution >= 4 is 22.9 Å². The molecule has 0 bridgehead atoms. The Morgan fingerprint density at radius 3 is 2.63 bits per heavy atom. The quantitative estimate of drug-likeness (QED) is 0.657. The monoisotopic (exact) mass is 434 g/mol. The second kappa shape index (κ2) is 8.32. The minimum Gasteiger partial charge on any atom is -0.611 e. The van der Waals surface area contributed by atoms with Crippen molar-refractivity contribution in [1.29, 1.82) is 0 Å². The lowest BCUT2D eigenvalue weighted by molar-refractivity contribution is 0.185. The maximum atomic E-state index is 12.6. The molecule has 9 nitrogen and oxygen atoms in total. The summed E-state index contributed by atoms with van der Waals surface area (Å²) < 4.78 is 18.0. The summed E-state index contributed by atoms with van der Waals surface area (Å²) in [4.78, 5) is 16.8. The van der Waals surface area contributed by atoms with Gasteiger partial charge in [-0.2, -0.15) is 9.97 Å². The summed E-state index contributed by atoms with van der Waals surface area (Å²) in [6.45, 7) is 9.42. The Bertz CT molecular complexity index is 899. The summed E-state index contributed by atoms with van der Waals surface area (Å²) >= 11 is -1.12. The van der Waals surface area contributed by atoms with Crippen molar-refractivity contribution < 1.29 is 14.2 Å². The van der Waals surface area contributed by atoms with E-state index in [4.69, 9.17) is 14.5 Å². The highest BCUT2D eigenvalue weighted by molar-refractivity contribution is 7.91. The van der Waals surface area contributed by atoms with Crippen molar-refractivity contribution in [2.45, 2.75) is 63.3 Å². The molecule has 0 saturated carbocycles. The number of aromatic nitrogens is 4. The summed E-state index contributed by atoms with van der Waals surface area (Å²) in [6, 6.07) is 0. The molecule has 0 radical (unpaired) electrons. The van der Waals surface area contributed by atoms with Crippen molar-refractivity contribution in [2.24, 2.45) is 5.92 Å². The standard InChI is InChI=1S/C20H30N6O3S/c1-12(2)20(4,11-27)24-17-16-15(7-10-30(16)28)22-19(23-17)26-8-5-14(6-9-26)18-21-13(3)25-29-18/h12,14,27H,5-11H2,1-4H3,(H,22,23,24)/t20-,30?/m1/s1. The van der Waals surface area contributed by atoms with Crippen LogP contribution >= 0.6 is 0 Å². The zero-order valence-corrected chi connectivity index (χ0v) is 18.8. The van der Waals surface area contributed by atoms with Gasteiger partial charge < -0.3 is 24.4 Å². The van der Waals surface area contributed by atoms with Crippen LogP contribution in [0.2, 0.25) is 0 Å². The summed E-state index contributed by atoms with van der Waals surface area (Å²) in [5.74, 6) is 3.59. The molecule has 4 heterocycles. The molecule has 2 N–H and O–H groups in total. The maximum absolute atomic E-state index is 12.6. The van der Waals surface area contributed by atoms with Crippen molar-refractivity contribution in [3.63, 3.8) is 0 Å². The van der Waals surface area contributed by atoms with E-state index in [-0.39, 0.29) is 18.4 Å². The minimum atomic E-state index is -1.12. The van der Waals surface area contributed by atoms with Gasteiger partial charge in [0.25, 0.3) is 0 Å². The average molecular weight is 435 g/mol. The van der Waals surface area contributed by atoms with Crippen molar-refractivity contribution in [3.8, 4) is 0 Å². The first-order chi connectivity index (χ1) is 14.3. The van der Waals surface area contributed by atoms with Gasteiger partial charge in [0.1, 0.15) is 11.4 Å². The molecule has 1 fully saturated rings. The SMILES string of the molecule is Cc1noc(C2CCN(c3nc4c(c(N[C@](C)(CO)C(C)C)n3)[S+]([O-])CC4)CC2)n1. The van der Waals surface area contributed by atoms with E-state index in [0.29, 0.717) is 40.6 Å². The fourth-order valence-electron chi connectivity index (χ4n) is 3.85. The first kappa shape index (κ1) is 21.3. The molecule has 1 saturated heterocycles. The predicted octanol–water partition coefficient (Wildman–Crippen LogP) is 2.03. The number of aliphatic hydroxyl groups is 1. The number of aliphatic hydroxyl groups excluding tert-OH is 1. The highest BCUT2D eigenvalue weighted by Crippen LogP contribution is 2.36. The lowest BCUT2D eigenvalue weighted by Gasteiger charge is -2.34. The number of hydrogen-bond donors (Lipinski definition) is 2. The largest absolute Gasteiger partial charge is 0.611 e. The molecule has 0 spiro atoms. The molecule has 0 aromatic carbocycles. The lowest BCUT2D eigenvalue weighted by Crippen LogP contribution is -2.44.